The summed E-state index contributed by atoms with van der Waals surface area (Å²) in [5.74, 6) is 0.0553. The predicted octanol–water partition coefficient (Wildman–Crippen LogP) is 3.16. The van der Waals surface area contributed by atoms with E-state index in [1.807, 2.05) is 33.8 Å². The number of hydrogen-bond donors (Lipinski definition) is 1. The standard InChI is InChI=1S/C14H19ClN2O/c1-5-14(6-2)11-9(7-8-10(15)16-11)13(3,4)17-12(14)18/h7-8H,5-6H2,1-4H3,(H,17,18). The molecule has 0 aliphatic carbocycles. The third-order valence-corrected chi connectivity index (χ3v) is 4.27. The molecule has 0 atom stereocenters. The summed E-state index contributed by atoms with van der Waals surface area (Å²) >= 11 is 6.02. The van der Waals surface area contributed by atoms with Crippen LogP contribution in [0.15, 0.2) is 12.1 Å². The van der Waals surface area contributed by atoms with E-state index in [1.54, 1.807) is 6.07 Å². The van der Waals surface area contributed by atoms with Crippen LogP contribution in [-0.4, -0.2) is 10.9 Å². The molecule has 2 heterocycles. The maximum Gasteiger partial charge on any atom is 0.232 e. The molecule has 2 rings (SSSR count). The minimum absolute atomic E-state index is 0.0553. The number of carbonyl (C=O) groups is 1. The van der Waals surface area contributed by atoms with Crippen molar-refractivity contribution in [2.75, 3.05) is 0 Å². The summed E-state index contributed by atoms with van der Waals surface area (Å²) < 4.78 is 0. The third kappa shape index (κ3) is 1.72. The smallest absolute Gasteiger partial charge is 0.232 e. The highest BCUT2D eigenvalue weighted by molar-refractivity contribution is 6.29. The van der Waals surface area contributed by atoms with Gasteiger partial charge < -0.3 is 5.32 Å². The predicted molar refractivity (Wildman–Crippen MR) is 72.7 cm³/mol. The number of halogens is 1. The zero-order valence-electron chi connectivity index (χ0n) is 11.3. The van der Waals surface area contributed by atoms with Gasteiger partial charge in [-0.25, -0.2) is 4.98 Å². The van der Waals surface area contributed by atoms with Gasteiger partial charge in [0, 0.05) is 0 Å². The van der Waals surface area contributed by atoms with Crippen molar-refractivity contribution in [1.29, 1.82) is 0 Å². The third-order valence-electron chi connectivity index (χ3n) is 4.06. The second kappa shape index (κ2) is 4.23. The number of aromatic nitrogens is 1. The molecule has 0 radical (unpaired) electrons. The Morgan fingerprint density at radius 1 is 1.28 bits per heavy atom. The molecule has 1 aliphatic rings. The lowest BCUT2D eigenvalue weighted by atomic mass is 9.70. The average molecular weight is 267 g/mol. The molecule has 0 saturated heterocycles. The molecular formula is C14H19ClN2O. The lowest BCUT2D eigenvalue weighted by molar-refractivity contribution is -0.130. The van der Waals surface area contributed by atoms with Crippen LogP contribution >= 0.6 is 11.6 Å². The number of amides is 1. The van der Waals surface area contributed by atoms with Crippen molar-refractivity contribution in [3.8, 4) is 0 Å². The first-order valence-corrected chi connectivity index (χ1v) is 6.75. The van der Waals surface area contributed by atoms with Crippen LogP contribution in [0.1, 0.15) is 51.8 Å². The van der Waals surface area contributed by atoms with Gasteiger partial charge in [0.25, 0.3) is 0 Å². The van der Waals surface area contributed by atoms with Crippen LogP contribution in [0, 0.1) is 0 Å². The summed E-state index contributed by atoms with van der Waals surface area (Å²) in [6.07, 6.45) is 1.46. The van der Waals surface area contributed by atoms with Gasteiger partial charge in [0.15, 0.2) is 0 Å². The molecule has 0 saturated carbocycles. The van der Waals surface area contributed by atoms with Crippen molar-refractivity contribution in [2.45, 2.75) is 51.5 Å². The molecule has 0 bridgehead atoms. The van der Waals surface area contributed by atoms with Crippen molar-refractivity contribution < 1.29 is 4.79 Å². The van der Waals surface area contributed by atoms with Gasteiger partial charge in [-0.05, 0) is 38.3 Å². The lowest BCUT2D eigenvalue weighted by Gasteiger charge is -2.43. The molecule has 18 heavy (non-hydrogen) atoms. The maximum atomic E-state index is 12.5. The van der Waals surface area contributed by atoms with E-state index in [2.05, 4.69) is 10.3 Å². The first kappa shape index (κ1) is 13.3. The molecule has 4 heteroatoms. The van der Waals surface area contributed by atoms with E-state index in [1.165, 1.54) is 0 Å². The van der Waals surface area contributed by atoms with Crippen molar-refractivity contribution in [2.24, 2.45) is 0 Å². The fourth-order valence-electron chi connectivity index (χ4n) is 2.79. The van der Waals surface area contributed by atoms with E-state index in [0.717, 1.165) is 24.1 Å². The number of fused-ring (bicyclic) bond motifs is 1. The Bertz CT molecular complexity index is 493. The van der Waals surface area contributed by atoms with Gasteiger partial charge >= 0.3 is 0 Å². The van der Waals surface area contributed by atoms with Crippen molar-refractivity contribution in [1.82, 2.24) is 10.3 Å². The Hall–Kier alpha value is -1.09. The Morgan fingerprint density at radius 3 is 2.44 bits per heavy atom. The fraction of sp³-hybridized carbons (Fsp3) is 0.571. The number of hydrogen-bond acceptors (Lipinski definition) is 2. The zero-order valence-corrected chi connectivity index (χ0v) is 12.1. The van der Waals surface area contributed by atoms with Gasteiger partial charge in [0.05, 0.1) is 16.6 Å². The monoisotopic (exact) mass is 266 g/mol. The van der Waals surface area contributed by atoms with Crippen molar-refractivity contribution in [3.63, 3.8) is 0 Å². The lowest BCUT2D eigenvalue weighted by Crippen LogP contribution is -2.57. The molecular weight excluding hydrogens is 248 g/mol. The summed E-state index contributed by atoms with van der Waals surface area (Å²) in [6.45, 7) is 8.03. The largest absolute Gasteiger partial charge is 0.346 e. The minimum Gasteiger partial charge on any atom is -0.346 e. The highest BCUT2D eigenvalue weighted by atomic mass is 35.5. The Kier molecular flexibility index (Phi) is 3.14. The molecule has 1 aliphatic heterocycles. The summed E-state index contributed by atoms with van der Waals surface area (Å²) in [4.78, 5) is 16.9. The van der Waals surface area contributed by atoms with Crippen LogP contribution in [0.2, 0.25) is 5.15 Å². The molecule has 1 aromatic heterocycles. The first-order chi connectivity index (χ1) is 8.37. The molecule has 98 valence electrons. The van der Waals surface area contributed by atoms with E-state index in [4.69, 9.17) is 11.6 Å². The quantitative estimate of drug-likeness (QED) is 0.836. The van der Waals surface area contributed by atoms with Gasteiger partial charge in [-0.2, -0.15) is 0 Å². The Balaban J connectivity index is 2.75. The number of pyridine rings is 1. The zero-order chi connectivity index (χ0) is 13.6. The van der Waals surface area contributed by atoms with Crippen molar-refractivity contribution >= 4 is 17.5 Å². The average Bonchev–Trinajstić information content (AvgIpc) is 2.29. The number of carbonyl (C=O) groups excluding carboxylic acids is 1. The van der Waals surface area contributed by atoms with Crippen LogP contribution in [0.4, 0.5) is 0 Å². The van der Waals surface area contributed by atoms with Crippen molar-refractivity contribution in [3.05, 3.63) is 28.5 Å². The van der Waals surface area contributed by atoms with Gasteiger partial charge in [-0.15, -0.1) is 0 Å². The second-order valence-electron chi connectivity index (χ2n) is 5.40. The number of rotatable bonds is 2. The summed E-state index contributed by atoms with van der Waals surface area (Å²) in [5, 5.41) is 3.55. The number of nitrogens with one attached hydrogen (secondary N) is 1. The number of nitrogens with zero attached hydrogens (tertiary/aromatic N) is 1. The van der Waals surface area contributed by atoms with Gasteiger partial charge in [-0.1, -0.05) is 31.5 Å². The summed E-state index contributed by atoms with van der Waals surface area (Å²) in [6, 6.07) is 3.76. The highest BCUT2D eigenvalue weighted by Crippen LogP contribution is 2.41. The molecule has 1 amide bonds. The van der Waals surface area contributed by atoms with Crippen LogP contribution in [0.25, 0.3) is 0 Å². The second-order valence-corrected chi connectivity index (χ2v) is 5.79. The molecule has 0 fully saturated rings. The minimum atomic E-state index is -0.546. The van der Waals surface area contributed by atoms with E-state index < -0.39 is 11.0 Å². The molecule has 0 unspecified atom stereocenters. The maximum absolute atomic E-state index is 12.5. The van der Waals surface area contributed by atoms with E-state index in [0.29, 0.717) is 5.15 Å². The molecule has 3 nitrogen and oxygen atoms in total. The fourth-order valence-corrected chi connectivity index (χ4v) is 2.94. The van der Waals surface area contributed by atoms with E-state index >= 15 is 0 Å². The summed E-state index contributed by atoms with van der Waals surface area (Å²) in [7, 11) is 0. The van der Waals surface area contributed by atoms with Crippen LogP contribution in [0.3, 0.4) is 0 Å². The van der Waals surface area contributed by atoms with Gasteiger partial charge in [-0.3, -0.25) is 4.79 Å². The SMILES string of the molecule is CCC1(CC)C(=O)NC(C)(C)c2ccc(Cl)nc21. The van der Waals surface area contributed by atoms with E-state index in [-0.39, 0.29) is 5.91 Å². The molecule has 0 aromatic carbocycles. The first-order valence-electron chi connectivity index (χ1n) is 6.37. The van der Waals surface area contributed by atoms with Gasteiger partial charge in [0.1, 0.15) is 5.15 Å². The molecule has 1 aromatic rings. The normalized spacial score (nSPS) is 20.2. The topological polar surface area (TPSA) is 42.0 Å². The van der Waals surface area contributed by atoms with Crippen LogP contribution in [-0.2, 0) is 15.7 Å². The van der Waals surface area contributed by atoms with E-state index in [9.17, 15) is 4.79 Å². The Labute approximate surface area is 113 Å². The van der Waals surface area contributed by atoms with Crippen LogP contribution in [0.5, 0.6) is 0 Å². The summed E-state index contributed by atoms with van der Waals surface area (Å²) in [5.41, 5.74) is 0.970. The van der Waals surface area contributed by atoms with Crippen LogP contribution < -0.4 is 5.32 Å². The Morgan fingerprint density at radius 2 is 1.89 bits per heavy atom. The molecule has 1 N–H and O–H groups in total. The molecule has 0 spiro atoms. The highest BCUT2D eigenvalue weighted by Gasteiger charge is 2.48. The van der Waals surface area contributed by atoms with Gasteiger partial charge in [0.2, 0.25) is 5.91 Å².